The van der Waals surface area contributed by atoms with Gasteiger partial charge in [-0.2, -0.15) is 0 Å². The summed E-state index contributed by atoms with van der Waals surface area (Å²) in [7, 11) is 1.90. The topological polar surface area (TPSA) is 61.9 Å². The van der Waals surface area contributed by atoms with Crippen LogP contribution in [0.15, 0.2) is 0 Å². The van der Waals surface area contributed by atoms with Crippen LogP contribution in [0.3, 0.4) is 0 Å². The van der Waals surface area contributed by atoms with Crippen LogP contribution in [-0.4, -0.2) is 18.4 Å². The third kappa shape index (κ3) is 1.53. The summed E-state index contributed by atoms with van der Waals surface area (Å²) in [4.78, 5) is 0. The summed E-state index contributed by atoms with van der Waals surface area (Å²) in [6, 6.07) is 0. The molecule has 0 spiro atoms. The van der Waals surface area contributed by atoms with Gasteiger partial charge in [0.15, 0.2) is 0 Å². The molecule has 0 amide bonds. The van der Waals surface area contributed by atoms with Gasteiger partial charge in [-0.25, -0.2) is 0 Å². The number of nitrogens with two attached hydrogens (primary N) is 1. The molecule has 0 aromatic carbocycles. The molecular formula is C8H17N3. The summed E-state index contributed by atoms with van der Waals surface area (Å²) in [5.41, 5.74) is 5.37. The van der Waals surface area contributed by atoms with E-state index in [4.69, 9.17) is 11.1 Å². The first-order valence-electron chi connectivity index (χ1n) is 4.25. The van der Waals surface area contributed by atoms with E-state index in [9.17, 15) is 0 Å². The van der Waals surface area contributed by atoms with Gasteiger partial charge < -0.3 is 11.1 Å². The van der Waals surface area contributed by atoms with E-state index in [1.54, 1.807) is 0 Å². The van der Waals surface area contributed by atoms with Gasteiger partial charge in [-0.05, 0) is 19.9 Å². The third-order valence-corrected chi connectivity index (χ3v) is 2.70. The van der Waals surface area contributed by atoms with Crippen molar-refractivity contribution in [3.05, 3.63) is 0 Å². The largest absolute Gasteiger partial charge is 0.386 e. The van der Waals surface area contributed by atoms with Crippen LogP contribution in [0.5, 0.6) is 0 Å². The minimum absolute atomic E-state index is 0.168. The first kappa shape index (κ1) is 8.53. The molecule has 64 valence electrons. The van der Waals surface area contributed by atoms with Crippen molar-refractivity contribution >= 4 is 5.84 Å². The van der Waals surface area contributed by atoms with Crippen LogP contribution in [0.4, 0.5) is 0 Å². The first-order chi connectivity index (χ1) is 5.21. The Kier molecular flexibility index (Phi) is 2.49. The maximum absolute atomic E-state index is 7.45. The Balaban J connectivity index is 2.64. The number of likely N-dealkylation sites (N-methyl/N-ethyl adjacent to an activating group) is 1. The average molecular weight is 155 g/mol. The van der Waals surface area contributed by atoms with Crippen molar-refractivity contribution in [3.8, 4) is 0 Å². The third-order valence-electron chi connectivity index (χ3n) is 2.70. The lowest BCUT2D eigenvalue weighted by Crippen LogP contribution is -2.54. The van der Waals surface area contributed by atoms with Crippen LogP contribution in [0.1, 0.15) is 32.1 Å². The molecular weight excluding hydrogens is 138 g/mol. The minimum Gasteiger partial charge on any atom is -0.386 e. The zero-order valence-electron chi connectivity index (χ0n) is 7.11. The first-order valence-corrected chi connectivity index (χ1v) is 4.25. The van der Waals surface area contributed by atoms with Gasteiger partial charge in [0.25, 0.3) is 0 Å². The smallest absolute Gasteiger partial charge is 0.111 e. The Hall–Kier alpha value is -0.570. The SMILES string of the molecule is CNC1(C(=N)N)CCCCC1. The lowest BCUT2D eigenvalue weighted by molar-refractivity contribution is 0.327. The second-order valence-corrected chi connectivity index (χ2v) is 3.31. The molecule has 0 bridgehead atoms. The lowest BCUT2D eigenvalue weighted by atomic mass is 9.81. The Labute approximate surface area is 67.9 Å². The summed E-state index contributed by atoms with van der Waals surface area (Å²) in [5, 5.41) is 10.6. The standard InChI is InChI=1S/C8H17N3/c1-11-8(7(9)10)5-3-2-4-6-8/h11H,2-6H2,1H3,(H3,9,10). The molecule has 3 nitrogen and oxygen atoms in total. The van der Waals surface area contributed by atoms with Gasteiger partial charge in [-0.3, -0.25) is 5.41 Å². The average Bonchev–Trinajstić information content (AvgIpc) is 2.05. The molecule has 1 aliphatic rings. The van der Waals surface area contributed by atoms with E-state index >= 15 is 0 Å². The van der Waals surface area contributed by atoms with Gasteiger partial charge in [0.2, 0.25) is 0 Å². The molecule has 11 heavy (non-hydrogen) atoms. The van der Waals surface area contributed by atoms with Gasteiger partial charge in [-0.15, -0.1) is 0 Å². The number of nitrogens with one attached hydrogen (secondary N) is 2. The quantitative estimate of drug-likeness (QED) is 0.409. The molecule has 4 N–H and O–H groups in total. The van der Waals surface area contributed by atoms with E-state index < -0.39 is 0 Å². The predicted molar refractivity (Wildman–Crippen MR) is 46.8 cm³/mol. The van der Waals surface area contributed by atoms with E-state index in [0.717, 1.165) is 12.8 Å². The highest BCUT2D eigenvalue weighted by Crippen LogP contribution is 2.27. The molecule has 0 unspecified atom stereocenters. The summed E-state index contributed by atoms with van der Waals surface area (Å²) in [5.74, 6) is 0.305. The van der Waals surface area contributed by atoms with Crippen molar-refractivity contribution in [2.75, 3.05) is 7.05 Å². The molecule has 1 saturated carbocycles. The molecule has 0 aliphatic heterocycles. The molecule has 3 heteroatoms. The molecule has 1 fully saturated rings. The molecule has 1 rings (SSSR count). The van der Waals surface area contributed by atoms with Gasteiger partial charge in [0.1, 0.15) is 5.84 Å². The van der Waals surface area contributed by atoms with Crippen LogP contribution in [0.25, 0.3) is 0 Å². The van der Waals surface area contributed by atoms with E-state index in [-0.39, 0.29) is 5.54 Å². The number of hydrogen-bond donors (Lipinski definition) is 3. The van der Waals surface area contributed by atoms with Crippen molar-refractivity contribution in [1.82, 2.24) is 5.32 Å². The number of hydrogen-bond acceptors (Lipinski definition) is 2. The van der Waals surface area contributed by atoms with Gasteiger partial charge >= 0.3 is 0 Å². The van der Waals surface area contributed by atoms with Gasteiger partial charge in [0.05, 0.1) is 5.54 Å². The van der Waals surface area contributed by atoms with E-state index in [0.29, 0.717) is 5.84 Å². The molecule has 0 aromatic rings. The van der Waals surface area contributed by atoms with Crippen LogP contribution in [0, 0.1) is 5.41 Å². The highest BCUT2D eigenvalue weighted by Gasteiger charge is 2.32. The van der Waals surface area contributed by atoms with Crippen molar-refractivity contribution in [3.63, 3.8) is 0 Å². The van der Waals surface area contributed by atoms with Crippen molar-refractivity contribution in [1.29, 1.82) is 5.41 Å². The summed E-state index contributed by atoms with van der Waals surface area (Å²) in [6.45, 7) is 0. The van der Waals surface area contributed by atoms with E-state index in [2.05, 4.69) is 5.32 Å². The predicted octanol–water partition coefficient (Wildman–Crippen LogP) is 0.845. The van der Waals surface area contributed by atoms with Crippen molar-refractivity contribution < 1.29 is 0 Å². The Morgan fingerprint density at radius 3 is 2.18 bits per heavy atom. The summed E-state index contributed by atoms with van der Waals surface area (Å²) in [6.07, 6.45) is 5.73. The van der Waals surface area contributed by atoms with Crippen LogP contribution in [0.2, 0.25) is 0 Å². The Bertz CT molecular complexity index is 147. The fourth-order valence-electron chi connectivity index (χ4n) is 1.81. The zero-order valence-corrected chi connectivity index (χ0v) is 7.11. The Morgan fingerprint density at radius 1 is 1.36 bits per heavy atom. The fourth-order valence-corrected chi connectivity index (χ4v) is 1.81. The molecule has 0 atom stereocenters. The van der Waals surface area contributed by atoms with Crippen LogP contribution < -0.4 is 11.1 Å². The highest BCUT2D eigenvalue weighted by atomic mass is 15.0. The van der Waals surface area contributed by atoms with E-state index in [1.807, 2.05) is 7.05 Å². The minimum atomic E-state index is -0.168. The Morgan fingerprint density at radius 2 is 1.91 bits per heavy atom. The normalized spacial score (nSPS) is 23.0. The molecule has 1 aliphatic carbocycles. The van der Waals surface area contributed by atoms with Gasteiger partial charge in [0, 0.05) is 0 Å². The monoisotopic (exact) mass is 155 g/mol. The van der Waals surface area contributed by atoms with Crippen molar-refractivity contribution in [2.24, 2.45) is 5.73 Å². The molecule has 0 saturated heterocycles. The fraction of sp³-hybridized carbons (Fsp3) is 0.875. The molecule has 0 heterocycles. The summed E-state index contributed by atoms with van der Waals surface area (Å²) < 4.78 is 0. The maximum atomic E-state index is 7.45. The second kappa shape index (κ2) is 3.22. The lowest BCUT2D eigenvalue weighted by Gasteiger charge is -2.35. The number of amidine groups is 1. The maximum Gasteiger partial charge on any atom is 0.111 e. The zero-order chi connectivity index (χ0) is 8.32. The van der Waals surface area contributed by atoms with Crippen LogP contribution >= 0.6 is 0 Å². The van der Waals surface area contributed by atoms with Gasteiger partial charge in [-0.1, -0.05) is 19.3 Å². The van der Waals surface area contributed by atoms with Crippen LogP contribution in [-0.2, 0) is 0 Å². The summed E-state index contributed by atoms with van der Waals surface area (Å²) >= 11 is 0. The second-order valence-electron chi connectivity index (χ2n) is 3.31. The van der Waals surface area contributed by atoms with E-state index in [1.165, 1.54) is 19.3 Å². The molecule has 0 radical (unpaired) electrons. The molecule has 0 aromatic heterocycles. The number of rotatable bonds is 2. The van der Waals surface area contributed by atoms with Crippen molar-refractivity contribution in [2.45, 2.75) is 37.6 Å². The highest BCUT2D eigenvalue weighted by molar-refractivity contribution is 5.87.